The summed E-state index contributed by atoms with van der Waals surface area (Å²) in [6.07, 6.45) is 5.53. The van der Waals surface area contributed by atoms with Crippen LogP contribution in [0.3, 0.4) is 0 Å². The van der Waals surface area contributed by atoms with Crippen molar-refractivity contribution >= 4 is 21.7 Å². The van der Waals surface area contributed by atoms with E-state index in [0.717, 1.165) is 0 Å². The second-order valence-corrected chi connectivity index (χ2v) is 6.00. The standard InChI is InChI=1S/C11H11BrO2/c12-10-4-3-5-9-7(14-11(5)10)2-1-6(13)8(4)9/h1-2,4-5,7-11H,3H2/t4-,5+,7-,8+,9-,10-,11-/m1/s1. The molecule has 1 aliphatic heterocycles. The van der Waals surface area contributed by atoms with Crippen molar-refractivity contribution in [2.24, 2.45) is 23.7 Å². The van der Waals surface area contributed by atoms with E-state index in [-0.39, 0.29) is 12.0 Å². The molecule has 4 aliphatic rings. The Morgan fingerprint density at radius 3 is 3.14 bits per heavy atom. The number of fused-ring (bicyclic) bond motifs is 2. The highest BCUT2D eigenvalue weighted by atomic mass is 79.9. The van der Waals surface area contributed by atoms with Crippen LogP contribution >= 0.6 is 15.9 Å². The number of ether oxygens (including phenoxy) is 1. The minimum atomic E-state index is 0.236. The van der Waals surface area contributed by atoms with Gasteiger partial charge in [-0.3, -0.25) is 4.79 Å². The fourth-order valence-corrected chi connectivity index (χ4v) is 5.16. The molecule has 2 bridgehead atoms. The molecule has 0 unspecified atom stereocenters. The summed E-state index contributed by atoms with van der Waals surface area (Å²) in [6.45, 7) is 0. The Bertz CT molecular complexity index is 351. The molecule has 0 aromatic carbocycles. The van der Waals surface area contributed by atoms with Crippen LogP contribution in [0.5, 0.6) is 0 Å². The molecule has 2 saturated carbocycles. The summed E-state index contributed by atoms with van der Waals surface area (Å²) in [5.74, 6) is 2.30. The first kappa shape index (κ1) is 8.05. The zero-order valence-corrected chi connectivity index (χ0v) is 9.18. The number of hydrogen-bond acceptors (Lipinski definition) is 2. The number of allylic oxidation sites excluding steroid dienone is 1. The normalized spacial score (nSPS) is 62.6. The molecule has 0 N–H and O–H groups in total. The lowest BCUT2D eigenvalue weighted by molar-refractivity contribution is -0.121. The Morgan fingerprint density at radius 2 is 2.29 bits per heavy atom. The SMILES string of the molecule is O=C1C=C[C@H]2O[C@H]3[C@H](Br)[C@@H]4C[C@H]3[C@H]2[C@H]14. The summed E-state index contributed by atoms with van der Waals surface area (Å²) in [7, 11) is 0. The molecular formula is C11H11BrO2. The molecule has 1 saturated heterocycles. The lowest BCUT2D eigenvalue weighted by atomic mass is 9.73. The third-order valence-electron chi connectivity index (χ3n) is 4.53. The summed E-state index contributed by atoms with van der Waals surface area (Å²) in [5.41, 5.74) is 0. The molecule has 3 heteroatoms. The molecule has 0 aromatic rings. The van der Waals surface area contributed by atoms with Crippen LogP contribution in [0.2, 0.25) is 0 Å². The van der Waals surface area contributed by atoms with Crippen LogP contribution in [0.1, 0.15) is 6.42 Å². The van der Waals surface area contributed by atoms with Gasteiger partial charge in [-0.25, -0.2) is 0 Å². The van der Waals surface area contributed by atoms with Gasteiger partial charge in [0.15, 0.2) is 5.78 Å². The molecule has 0 spiro atoms. The first-order valence-electron chi connectivity index (χ1n) is 5.29. The maximum Gasteiger partial charge on any atom is 0.159 e. The van der Waals surface area contributed by atoms with Crippen molar-refractivity contribution in [2.75, 3.05) is 0 Å². The molecule has 0 radical (unpaired) electrons. The Hall–Kier alpha value is -0.150. The van der Waals surface area contributed by atoms with Gasteiger partial charge in [-0.2, -0.15) is 0 Å². The van der Waals surface area contributed by atoms with E-state index in [9.17, 15) is 4.79 Å². The Morgan fingerprint density at radius 1 is 1.43 bits per heavy atom. The van der Waals surface area contributed by atoms with Gasteiger partial charge in [0.1, 0.15) is 0 Å². The second kappa shape index (κ2) is 2.33. The van der Waals surface area contributed by atoms with Crippen molar-refractivity contribution in [2.45, 2.75) is 23.5 Å². The van der Waals surface area contributed by atoms with Gasteiger partial charge in [-0.05, 0) is 24.3 Å². The predicted octanol–water partition coefficient (Wildman–Crippen LogP) is 1.54. The van der Waals surface area contributed by atoms with E-state index in [0.29, 0.717) is 34.5 Å². The van der Waals surface area contributed by atoms with Gasteiger partial charge in [0.25, 0.3) is 0 Å². The van der Waals surface area contributed by atoms with Crippen LogP contribution < -0.4 is 0 Å². The smallest absolute Gasteiger partial charge is 0.159 e. The van der Waals surface area contributed by atoms with E-state index in [1.165, 1.54) is 6.42 Å². The van der Waals surface area contributed by atoms with Crippen LogP contribution in [0.15, 0.2) is 12.2 Å². The fraction of sp³-hybridized carbons (Fsp3) is 0.727. The number of hydrogen-bond donors (Lipinski definition) is 0. The molecule has 14 heavy (non-hydrogen) atoms. The molecule has 0 aromatic heterocycles. The largest absolute Gasteiger partial charge is 0.369 e. The number of ketones is 1. The van der Waals surface area contributed by atoms with Gasteiger partial charge in [0, 0.05) is 16.7 Å². The maximum absolute atomic E-state index is 11.8. The van der Waals surface area contributed by atoms with E-state index in [1.807, 2.05) is 6.08 Å². The maximum atomic E-state index is 11.8. The Kier molecular flexibility index (Phi) is 1.34. The zero-order valence-electron chi connectivity index (χ0n) is 7.60. The average molecular weight is 255 g/mol. The molecule has 4 rings (SSSR count). The fourth-order valence-electron chi connectivity index (χ4n) is 4.10. The van der Waals surface area contributed by atoms with Crippen molar-refractivity contribution in [1.29, 1.82) is 0 Å². The van der Waals surface area contributed by atoms with Crippen LogP contribution in [0.4, 0.5) is 0 Å². The quantitative estimate of drug-likeness (QED) is 0.614. The van der Waals surface area contributed by atoms with E-state index in [1.54, 1.807) is 6.08 Å². The number of carbonyl (C=O) groups excluding carboxylic acids is 1. The monoisotopic (exact) mass is 254 g/mol. The summed E-state index contributed by atoms with van der Waals surface area (Å²) in [6, 6.07) is 0. The highest BCUT2D eigenvalue weighted by molar-refractivity contribution is 9.09. The lowest BCUT2D eigenvalue weighted by Gasteiger charge is -2.30. The molecule has 7 atom stereocenters. The van der Waals surface area contributed by atoms with Crippen molar-refractivity contribution in [3.63, 3.8) is 0 Å². The minimum absolute atomic E-state index is 0.236. The van der Waals surface area contributed by atoms with Crippen LogP contribution in [-0.2, 0) is 9.53 Å². The molecule has 1 heterocycles. The molecule has 0 amide bonds. The van der Waals surface area contributed by atoms with Gasteiger partial charge in [-0.15, -0.1) is 0 Å². The van der Waals surface area contributed by atoms with Crippen molar-refractivity contribution in [3.8, 4) is 0 Å². The van der Waals surface area contributed by atoms with Crippen LogP contribution in [0, 0.1) is 23.7 Å². The molecule has 2 nitrogen and oxygen atoms in total. The molecular weight excluding hydrogens is 244 g/mol. The summed E-state index contributed by atoms with van der Waals surface area (Å²) >= 11 is 3.71. The first-order valence-corrected chi connectivity index (χ1v) is 6.20. The number of halogens is 1. The van der Waals surface area contributed by atoms with Gasteiger partial charge in [-0.1, -0.05) is 22.0 Å². The topological polar surface area (TPSA) is 26.3 Å². The average Bonchev–Trinajstić information content (AvgIpc) is 2.75. The summed E-state index contributed by atoms with van der Waals surface area (Å²) in [5, 5.41) is 0. The van der Waals surface area contributed by atoms with Crippen molar-refractivity contribution in [1.82, 2.24) is 0 Å². The van der Waals surface area contributed by atoms with E-state index in [2.05, 4.69) is 15.9 Å². The zero-order chi connectivity index (χ0) is 9.45. The first-order chi connectivity index (χ1) is 6.77. The third kappa shape index (κ3) is 0.694. The highest BCUT2D eigenvalue weighted by Crippen LogP contribution is 2.62. The summed E-state index contributed by atoms with van der Waals surface area (Å²) in [4.78, 5) is 12.2. The lowest BCUT2D eigenvalue weighted by Crippen LogP contribution is -2.39. The highest BCUT2D eigenvalue weighted by Gasteiger charge is 2.66. The van der Waals surface area contributed by atoms with Crippen molar-refractivity contribution < 1.29 is 9.53 Å². The Labute approximate surface area is 90.8 Å². The van der Waals surface area contributed by atoms with E-state index >= 15 is 0 Å². The second-order valence-electron chi connectivity index (χ2n) is 4.94. The third-order valence-corrected chi connectivity index (χ3v) is 5.73. The number of carbonyl (C=O) groups is 1. The number of rotatable bonds is 0. The minimum Gasteiger partial charge on any atom is -0.369 e. The van der Waals surface area contributed by atoms with Crippen LogP contribution in [-0.4, -0.2) is 22.8 Å². The number of alkyl halides is 1. The van der Waals surface area contributed by atoms with Gasteiger partial charge >= 0.3 is 0 Å². The van der Waals surface area contributed by atoms with E-state index in [4.69, 9.17) is 4.74 Å². The van der Waals surface area contributed by atoms with E-state index < -0.39 is 0 Å². The molecule has 74 valence electrons. The molecule has 3 fully saturated rings. The van der Waals surface area contributed by atoms with Gasteiger partial charge < -0.3 is 4.74 Å². The molecule has 3 aliphatic carbocycles. The van der Waals surface area contributed by atoms with Crippen molar-refractivity contribution in [3.05, 3.63) is 12.2 Å². The van der Waals surface area contributed by atoms with Gasteiger partial charge in [0.2, 0.25) is 0 Å². The van der Waals surface area contributed by atoms with Gasteiger partial charge in [0.05, 0.1) is 12.2 Å². The predicted molar refractivity (Wildman–Crippen MR) is 54.1 cm³/mol. The summed E-state index contributed by atoms with van der Waals surface area (Å²) < 4.78 is 5.98. The Balaban J connectivity index is 1.90. The van der Waals surface area contributed by atoms with Crippen LogP contribution in [0.25, 0.3) is 0 Å².